The molecule has 0 radical (unpaired) electrons. The van der Waals surface area contributed by atoms with E-state index in [0.29, 0.717) is 23.0 Å². The van der Waals surface area contributed by atoms with E-state index >= 15 is 0 Å². The van der Waals surface area contributed by atoms with Crippen LogP contribution in [0.3, 0.4) is 0 Å². The number of halogens is 1. The van der Waals surface area contributed by atoms with Gasteiger partial charge >= 0.3 is 0 Å². The number of para-hydroxylation sites is 1. The lowest BCUT2D eigenvalue weighted by molar-refractivity contribution is 0.102. The molecule has 3 aromatic rings. The molecule has 0 bridgehead atoms. The maximum atomic E-state index is 13.5. The van der Waals surface area contributed by atoms with E-state index in [-0.39, 0.29) is 11.3 Å². The van der Waals surface area contributed by atoms with Gasteiger partial charge in [0.05, 0.1) is 23.4 Å². The third-order valence-corrected chi connectivity index (χ3v) is 8.48. The molecule has 7 heteroatoms. The minimum atomic E-state index is -0.100. The highest BCUT2D eigenvalue weighted by atomic mass is 127. The molecule has 1 aliphatic carbocycles. The summed E-state index contributed by atoms with van der Waals surface area (Å²) in [6, 6.07) is 13.5. The number of thiophene rings is 1. The van der Waals surface area contributed by atoms with Crippen molar-refractivity contribution in [3.8, 4) is 11.5 Å². The van der Waals surface area contributed by atoms with Crippen LogP contribution in [0.1, 0.15) is 53.6 Å². The van der Waals surface area contributed by atoms with E-state index in [0.717, 1.165) is 44.6 Å². The van der Waals surface area contributed by atoms with Crippen molar-refractivity contribution < 1.29 is 14.3 Å². The summed E-state index contributed by atoms with van der Waals surface area (Å²) in [5, 5.41) is 3.83. The fraction of sp³-hybridized carbons (Fsp3) is 0.357. The van der Waals surface area contributed by atoms with Gasteiger partial charge < -0.3 is 14.8 Å². The summed E-state index contributed by atoms with van der Waals surface area (Å²) in [5.74, 6) is 1.84. The Bertz CT molecular complexity index is 1250. The number of aliphatic imine (C=N–C) groups is 1. The quantitative estimate of drug-likeness (QED) is 0.235. The zero-order chi connectivity index (χ0) is 25.2. The number of nitrogens with zero attached hydrogens (tertiary/aromatic N) is 1. The second kappa shape index (κ2) is 10.7. The summed E-state index contributed by atoms with van der Waals surface area (Å²) in [7, 11) is 3.26. The molecule has 2 aromatic carbocycles. The number of rotatable bonds is 6. The van der Waals surface area contributed by atoms with Gasteiger partial charge in [0, 0.05) is 16.8 Å². The molecule has 0 fully saturated rings. The summed E-state index contributed by atoms with van der Waals surface area (Å²) in [4.78, 5) is 19.6. The van der Waals surface area contributed by atoms with E-state index in [1.807, 2.05) is 48.7 Å². The third kappa shape index (κ3) is 5.72. The second-order valence-electron chi connectivity index (χ2n) is 9.81. The predicted molar refractivity (Wildman–Crippen MR) is 153 cm³/mol. The van der Waals surface area contributed by atoms with Gasteiger partial charge in [0.25, 0.3) is 5.91 Å². The number of ether oxygens (including phenoxy) is 2. The Labute approximate surface area is 225 Å². The number of benzene rings is 2. The lowest BCUT2D eigenvalue weighted by Crippen LogP contribution is -2.27. The molecule has 5 nitrogen and oxygen atoms in total. The van der Waals surface area contributed by atoms with E-state index in [9.17, 15) is 4.79 Å². The maximum Gasteiger partial charge on any atom is 0.259 e. The number of nitrogens with one attached hydrogen (secondary N) is 1. The molecular formula is C28H31IN2O3S. The molecule has 1 amide bonds. The van der Waals surface area contributed by atoms with E-state index in [1.54, 1.807) is 25.6 Å². The Hall–Kier alpha value is -2.39. The number of anilines is 1. The van der Waals surface area contributed by atoms with E-state index in [2.05, 4.69) is 48.7 Å². The monoisotopic (exact) mass is 602 g/mol. The average molecular weight is 603 g/mol. The Balaban J connectivity index is 1.72. The van der Waals surface area contributed by atoms with Crippen LogP contribution < -0.4 is 14.8 Å². The van der Waals surface area contributed by atoms with Crippen LogP contribution >= 0.6 is 33.9 Å². The first kappa shape index (κ1) is 25.7. The lowest BCUT2D eigenvalue weighted by atomic mass is 9.72. The molecule has 1 N–H and O–H groups in total. The smallest absolute Gasteiger partial charge is 0.259 e. The van der Waals surface area contributed by atoms with Gasteiger partial charge in [-0.15, -0.1) is 11.3 Å². The standard InChI is InChI=1S/C28H31IN2O3S/c1-28(2,3)18-11-12-20-23(15-18)35-27(24(20)26(32)31-19-9-7-6-8-10-19)30-16-17-13-21(29)25(34-5)22(14-17)33-4/h6-10,13-14,16,18H,11-12,15H2,1-5H3,(H,31,32)/t18-/m0/s1. The highest BCUT2D eigenvalue weighted by Gasteiger charge is 2.33. The van der Waals surface area contributed by atoms with Gasteiger partial charge in [-0.3, -0.25) is 4.79 Å². The Morgan fingerprint density at radius 3 is 2.57 bits per heavy atom. The van der Waals surface area contributed by atoms with E-state index in [1.165, 1.54) is 4.88 Å². The van der Waals surface area contributed by atoms with Crippen LogP contribution in [0, 0.1) is 14.9 Å². The van der Waals surface area contributed by atoms with Crippen molar-refractivity contribution >= 4 is 56.7 Å². The SMILES string of the molecule is COc1cc(C=Nc2sc3c(c2C(=O)Nc2ccccc2)CC[C@H](C(C)(C)C)C3)cc(I)c1OC. The number of amides is 1. The molecular weight excluding hydrogens is 571 g/mol. The van der Waals surface area contributed by atoms with Crippen LogP contribution in [-0.2, 0) is 12.8 Å². The Kier molecular flexibility index (Phi) is 7.86. The zero-order valence-corrected chi connectivity index (χ0v) is 23.7. The fourth-order valence-corrected chi connectivity index (χ4v) is 6.61. The molecule has 0 saturated heterocycles. The van der Waals surface area contributed by atoms with Gasteiger partial charge in [-0.1, -0.05) is 39.0 Å². The average Bonchev–Trinajstić information content (AvgIpc) is 3.20. The van der Waals surface area contributed by atoms with Crippen molar-refractivity contribution in [1.82, 2.24) is 0 Å². The summed E-state index contributed by atoms with van der Waals surface area (Å²) >= 11 is 3.88. The summed E-state index contributed by atoms with van der Waals surface area (Å²) < 4.78 is 11.9. The topological polar surface area (TPSA) is 59.9 Å². The third-order valence-electron chi connectivity index (χ3n) is 6.52. The van der Waals surface area contributed by atoms with Gasteiger partial charge in [0.2, 0.25) is 0 Å². The maximum absolute atomic E-state index is 13.5. The molecule has 0 spiro atoms. The molecule has 184 valence electrons. The molecule has 1 aromatic heterocycles. The van der Waals surface area contributed by atoms with Crippen molar-refractivity contribution in [3.63, 3.8) is 0 Å². The number of hydrogen-bond donors (Lipinski definition) is 1. The number of hydrogen-bond acceptors (Lipinski definition) is 5. The highest BCUT2D eigenvalue weighted by molar-refractivity contribution is 14.1. The first-order chi connectivity index (χ1) is 16.7. The zero-order valence-electron chi connectivity index (χ0n) is 20.8. The van der Waals surface area contributed by atoms with Crippen LogP contribution in [-0.4, -0.2) is 26.3 Å². The number of carbonyl (C=O) groups excluding carboxylic acids is 1. The van der Waals surface area contributed by atoms with E-state index < -0.39 is 0 Å². The molecule has 0 unspecified atom stereocenters. The number of fused-ring (bicyclic) bond motifs is 1. The van der Waals surface area contributed by atoms with Crippen molar-refractivity contribution in [3.05, 3.63) is 67.6 Å². The molecule has 35 heavy (non-hydrogen) atoms. The molecule has 4 rings (SSSR count). The Morgan fingerprint density at radius 2 is 1.91 bits per heavy atom. The number of methoxy groups -OCH3 is 2. The van der Waals surface area contributed by atoms with Crippen LogP contribution in [0.2, 0.25) is 0 Å². The minimum absolute atomic E-state index is 0.100. The van der Waals surface area contributed by atoms with Crippen molar-refractivity contribution in [1.29, 1.82) is 0 Å². The normalized spacial score (nSPS) is 15.7. The molecule has 1 atom stereocenters. The number of carbonyl (C=O) groups is 1. The second-order valence-corrected chi connectivity index (χ2v) is 12.1. The van der Waals surface area contributed by atoms with Gasteiger partial charge in [0.1, 0.15) is 5.00 Å². The van der Waals surface area contributed by atoms with Crippen LogP contribution in [0.4, 0.5) is 10.7 Å². The van der Waals surface area contributed by atoms with Crippen molar-refractivity contribution in [2.45, 2.75) is 40.0 Å². The van der Waals surface area contributed by atoms with Crippen LogP contribution in [0.5, 0.6) is 11.5 Å². The van der Waals surface area contributed by atoms with E-state index in [4.69, 9.17) is 14.5 Å². The van der Waals surface area contributed by atoms with Crippen molar-refractivity contribution in [2.75, 3.05) is 19.5 Å². The lowest BCUT2D eigenvalue weighted by Gasteiger charge is -2.33. The molecule has 0 saturated carbocycles. The summed E-state index contributed by atoms with van der Waals surface area (Å²) in [6.07, 6.45) is 4.77. The molecule has 1 aliphatic rings. The first-order valence-electron chi connectivity index (χ1n) is 11.7. The van der Waals surface area contributed by atoms with Gasteiger partial charge in [-0.05, 0) is 88.6 Å². The van der Waals surface area contributed by atoms with Gasteiger partial charge in [-0.2, -0.15) is 0 Å². The predicted octanol–water partition coefficient (Wildman–Crippen LogP) is 7.52. The summed E-state index contributed by atoms with van der Waals surface area (Å²) in [5.41, 5.74) is 3.75. The van der Waals surface area contributed by atoms with Gasteiger partial charge in [0.15, 0.2) is 11.5 Å². The van der Waals surface area contributed by atoms with Crippen molar-refractivity contribution in [2.24, 2.45) is 16.3 Å². The minimum Gasteiger partial charge on any atom is -0.493 e. The highest BCUT2D eigenvalue weighted by Crippen LogP contribution is 2.45. The largest absolute Gasteiger partial charge is 0.493 e. The van der Waals surface area contributed by atoms with Crippen LogP contribution in [0.25, 0.3) is 0 Å². The first-order valence-corrected chi connectivity index (χ1v) is 13.6. The van der Waals surface area contributed by atoms with Crippen LogP contribution in [0.15, 0.2) is 47.5 Å². The summed E-state index contributed by atoms with van der Waals surface area (Å²) in [6.45, 7) is 6.91. The Morgan fingerprint density at radius 1 is 1.17 bits per heavy atom. The molecule has 0 aliphatic heterocycles. The fourth-order valence-electron chi connectivity index (χ4n) is 4.50. The molecule has 1 heterocycles. The van der Waals surface area contributed by atoms with Gasteiger partial charge in [-0.25, -0.2) is 4.99 Å².